The van der Waals surface area contributed by atoms with Crippen LogP contribution in [0.3, 0.4) is 0 Å². The molecule has 1 aromatic heterocycles. The summed E-state index contributed by atoms with van der Waals surface area (Å²) in [5, 5.41) is 10.2. The molecule has 1 rings (SSSR count). The summed E-state index contributed by atoms with van der Waals surface area (Å²) in [5.74, 6) is 0. The predicted molar refractivity (Wildman–Crippen MR) is 55.8 cm³/mol. The van der Waals surface area contributed by atoms with Crippen LogP contribution in [-0.2, 0) is 0 Å². The second kappa shape index (κ2) is 4.85. The first-order chi connectivity index (χ1) is 5.33. The van der Waals surface area contributed by atoms with E-state index in [0.717, 1.165) is 11.5 Å². The molecule has 1 heterocycles. The molecule has 0 amide bonds. The molecule has 0 aliphatic heterocycles. The normalized spacial score (nSPS) is 9.91. The first-order valence-electron chi connectivity index (χ1n) is 3.28. The second-order valence-corrected chi connectivity index (χ2v) is 5.35. The van der Waals surface area contributed by atoms with Crippen LogP contribution in [-0.4, -0.2) is 5.04 Å². The van der Waals surface area contributed by atoms with Crippen molar-refractivity contribution in [1.29, 1.82) is 5.41 Å². The van der Waals surface area contributed by atoms with E-state index in [2.05, 4.69) is 11.4 Å². The molecule has 1 N–H and O–H groups in total. The molecule has 0 aromatic carbocycles. The van der Waals surface area contributed by atoms with Gasteiger partial charge in [-0.1, -0.05) is 13.0 Å². The Labute approximate surface area is 78.5 Å². The molecule has 0 aliphatic carbocycles. The van der Waals surface area contributed by atoms with Gasteiger partial charge in [0.2, 0.25) is 0 Å². The van der Waals surface area contributed by atoms with Crippen molar-refractivity contribution >= 4 is 38.0 Å². The third-order valence-corrected chi connectivity index (χ3v) is 4.82. The molecule has 0 radical (unpaired) electrons. The zero-order chi connectivity index (χ0) is 8.10. The quantitative estimate of drug-likeness (QED) is 0.458. The molecule has 0 atom stereocenters. The molecule has 0 fully saturated rings. The van der Waals surface area contributed by atoms with Gasteiger partial charge in [0.25, 0.3) is 0 Å². The fourth-order valence-corrected chi connectivity index (χ4v) is 3.40. The van der Waals surface area contributed by atoms with Crippen molar-refractivity contribution in [2.45, 2.75) is 17.6 Å². The second-order valence-electron chi connectivity index (χ2n) is 1.88. The van der Waals surface area contributed by atoms with Crippen molar-refractivity contribution < 1.29 is 0 Å². The van der Waals surface area contributed by atoms with Gasteiger partial charge < -0.3 is 0 Å². The highest BCUT2D eigenvalue weighted by atomic mass is 33.1. The van der Waals surface area contributed by atoms with E-state index in [1.54, 1.807) is 32.9 Å². The van der Waals surface area contributed by atoms with Crippen LogP contribution in [0.2, 0.25) is 0 Å². The highest BCUT2D eigenvalue weighted by molar-refractivity contribution is 8.82. The average molecular weight is 203 g/mol. The summed E-state index contributed by atoms with van der Waals surface area (Å²) in [5.41, 5.74) is 0. The van der Waals surface area contributed by atoms with Gasteiger partial charge in [0, 0.05) is 0 Å². The van der Waals surface area contributed by atoms with Crippen LogP contribution in [0.25, 0.3) is 0 Å². The molecule has 0 spiro atoms. The summed E-state index contributed by atoms with van der Waals surface area (Å²) >= 11 is 1.72. The van der Waals surface area contributed by atoms with Gasteiger partial charge in [0.05, 0.1) is 9.25 Å². The van der Waals surface area contributed by atoms with Crippen molar-refractivity contribution in [3.8, 4) is 0 Å². The van der Waals surface area contributed by atoms with E-state index >= 15 is 0 Å². The Balaban J connectivity index is 2.29. The van der Waals surface area contributed by atoms with Gasteiger partial charge in [-0.25, -0.2) is 0 Å². The van der Waals surface area contributed by atoms with Gasteiger partial charge in [-0.2, -0.15) is 0 Å². The maximum absolute atomic E-state index is 7.39. The van der Waals surface area contributed by atoms with Crippen molar-refractivity contribution in [2.75, 3.05) is 0 Å². The molecule has 0 bridgehead atoms. The minimum Gasteiger partial charge on any atom is -0.298 e. The number of hydrogen-bond acceptors (Lipinski definition) is 4. The van der Waals surface area contributed by atoms with E-state index in [1.165, 1.54) is 4.21 Å². The lowest BCUT2D eigenvalue weighted by Crippen LogP contribution is -1.79. The lowest BCUT2D eigenvalue weighted by Gasteiger charge is -1.95. The molecule has 1 nitrogen and oxygen atoms in total. The highest BCUT2D eigenvalue weighted by Crippen LogP contribution is 2.35. The van der Waals surface area contributed by atoms with E-state index in [4.69, 9.17) is 5.41 Å². The lowest BCUT2D eigenvalue weighted by molar-refractivity contribution is 1.28. The minimum absolute atomic E-state index is 0.739. The number of thiophene rings is 1. The Morgan fingerprint density at radius 3 is 3.09 bits per heavy atom. The fraction of sp³-hybridized carbons (Fsp3) is 0.286. The Hall–Kier alpha value is 0.0700. The summed E-state index contributed by atoms with van der Waals surface area (Å²) < 4.78 is 1.27. The van der Waals surface area contributed by atoms with Crippen LogP contribution in [0.5, 0.6) is 0 Å². The van der Waals surface area contributed by atoms with E-state index in [0.29, 0.717) is 0 Å². The molecule has 0 aliphatic rings. The molecule has 0 saturated carbocycles. The van der Waals surface area contributed by atoms with Crippen LogP contribution in [0.15, 0.2) is 21.7 Å². The monoisotopic (exact) mass is 203 g/mol. The van der Waals surface area contributed by atoms with Crippen LogP contribution >= 0.6 is 32.9 Å². The van der Waals surface area contributed by atoms with Gasteiger partial charge >= 0.3 is 0 Å². The van der Waals surface area contributed by atoms with Crippen LogP contribution in [0.4, 0.5) is 0 Å². The van der Waals surface area contributed by atoms with Gasteiger partial charge in [-0.05, 0) is 39.5 Å². The standard InChI is InChI=1S/C7H9NS3/c1-2-6(8)10-11-7-4-3-5-9-7/h3-5,8H,2H2,1H3. The Kier molecular flexibility index (Phi) is 4.04. The summed E-state index contributed by atoms with van der Waals surface area (Å²) in [6.45, 7) is 2.00. The molecule has 1 aromatic rings. The molecule has 0 saturated heterocycles. The zero-order valence-electron chi connectivity index (χ0n) is 6.16. The van der Waals surface area contributed by atoms with Crippen molar-refractivity contribution in [2.24, 2.45) is 0 Å². The lowest BCUT2D eigenvalue weighted by atomic mass is 10.5. The molecule has 60 valence electrons. The number of rotatable bonds is 3. The largest absolute Gasteiger partial charge is 0.298 e. The molecular formula is C7H9NS3. The molecular weight excluding hydrogens is 194 g/mol. The van der Waals surface area contributed by atoms with E-state index in [9.17, 15) is 0 Å². The number of nitrogens with one attached hydrogen (secondary N) is 1. The van der Waals surface area contributed by atoms with Crippen molar-refractivity contribution in [3.63, 3.8) is 0 Å². The van der Waals surface area contributed by atoms with Crippen molar-refractivity contribution in [1.82, 2.24) is 0 Å². The van der Waals surface area contributed by atoms with Gasteiger partial charge in [-0.15, -0.1) is 11.3 Å². The molecule has 4 heteroatoms. The van der Waals surface area contributed by atoms with E-state index in [1.807, 2.05) is 13.0 Å². The summed E-state index contributed by atoms with van der Waals surface area (Å²) in [4.78, 5) is 0. The number of hydrogen-bond donors (Lipinski definition) is 1. The summed E-state index contributed by atoms with van der Waals surface area (Å²) in [6.07, 6.45) is 0.836. The summed E-state index contributed by atoms with van der Waals surface area (Å²) in [6, 6.07) is 4.11. The maximum Gasteiger partial charge on any atom is 0.0748 e. The maximum atomic E-state index is 7.39. The third-order valence-electron chi connectivity index (χ3n) is 1.04. The van der Waals surface area contributed by atoms with Crippen LogP contribution < -0.4 is 0 Å². The third kappa shape index (κ3) is 3.31. The molecule has 11 heavy (non-hydrogen) atoms. The molecule has 0 unspecified atom stereocenters. The Morgan fingerprint density at radius 2 is 2.55 bits per heavy atom. The average Bonchev–Trinajstić information content (AvgIpc) is 2.52. The van der Waals surface area contributed by atoms with Crippen molar-refractivity contribution in [3.05, 3.63) is 17.5 Å². The Bertz CT molecular complexity index is 218. The topological polar surface area (TPSA) is 23.9 Å². The van der Waals surface area contributed by atoms with Crippen LogP contribution in [0, 0.1) is 5.41 Å². The smallest absolute Gasteiger partial charge is 0.0748 e. The first-order valence-corrected chi connectivity index (χ1v) is 6.31. The van der Waals surface area contributed by atoms with E-state index < -0.39 is 0 Å². The van der Waals surface area contributed by atoms with Gasteiger partial charge in [-0.3, -0.25) is 5.41 Å². The van der Waals surface area contributed by atoms with Crippen LogP contribution in [0.1, 0.15) is 13.3 Å². The van der Waals surface area contributed by atoms with Gasteiger partial charge in [0.1, 0.15) is 0 Å². The van der Waals surface area contributed by atoms with E-state index in [-0.39, 0.29) is 0 Å². The SMILES string of the molecule is CCC(=N)SSc1cccs1. The highest BCUT2D eigenvalue weighted by Gasteiger charge is 1.97. The Morgan fingerprint density at radius 1 is 1.73 bits per heavy atom. The van der Waals surface area contributed by atoms with Gasteiger partial charge in [0.15, 0.2) is 0 Å². The predicted octanol–water partition coefficient (Wildman–Crippen LogP) is 3.88. The summed E-state index contributed by atoms with van der Waals surface area (Å²) in [7, 11) is 3.21. The first kappa shape index (κ1) is 9.16. The fourth-order valence-electron chi connectivity index (χ4n) is 0.461. The minimum atomic E-state index is 0.739. The zero-order valence-corrected chi connectivity index (χ0v) is 8.61.